The number of amides is 2. The van der Waals surface area contributed by atoms with Crippen LogP contribution in [0.2, 0.25) is 10.0 Å². The number of alkyl halides is 2. The first kappa shape index (κ1) is 64.9. The normalized spacial score (nSPS) is 16.3. The third-order valence-corrected chi connectivity index (χ3v) is 15.2. The van der Waals surface area contributed by atoms with E-state index in [9.17, 15) is 51.4 Å². The Morgan fingerprint density at radius 3 is 1.46 bits per heavy atom. The molecule has 6 heterocycles. The van der Waals surface area contributed by atoms with Gasteiger partial charge in [-0.15, -0.1) is 0 Å². The van der Waals surface area contributed by atoms with Crippen LogP contribution < -0.4 is 0 Å². The van der Waals surface area contributed by atoms with Crippen LogP contribution in [0.3, 0.4) is 0 Å². The van der Waals surface area contributed by atoms with Crippen molar-refractivity contribution in [1.82, 2.24) is 49.3 Å². The van der Waals surface area contributed by atoms with Gasteiger partial charge in [-0.1, -0.05) is 78.8 Å². The average molecular weight is 1240 g/mol. The number of hydrogen-bond acceptors (Lipinski definition) is 14. The fraction of sp³-hybridized carbons (Fsp3) is 0.298. The van der Waals surface area contributed by atoms with Crippen LogP contribution in [0, 0.1) is 25.5 Å². The number of carboxylic acid groups (broad SMARTS) is 1. The van der Waals surface area contributed by atoms with Gasteiger partial charge in [-0.2, -0.15) is 36.3 Å². The Morgan fingerprint density at radius 1 is 0.639 bits per heavy atom. The zero-order chi connectivity index (χ0) is 58.4. The molecular weight excluding hydrogens is 1180 g/mol. The largest absolute Gasteiger partial charge is 0.480 e. The first-order chi connectivity index (χ1) is 38.6. The van der Waals surface area contributed by atoms with Crippen molar-refractivity contribution in [3.8, 4) is 22.3 Å². The molecular formula is C57H56Cl2F4N10O7S3. The van der Waals surface area contributed by atoms with Gasteiger partial charge in [0.25, 0.3) is 0 Å². The van der Waals surface area contributed by atoms with Crippen molar-refractivity contribution >= 4 is 117 Å². The lowest BCUT2D eigenvalue weighted by Crippen LogP contribution is -2.42. The summed E-state index contributed by atoms with van der Waals surface area (Å²) < 4.78 is 58.0. The predicted octanol–water partition coefficient (Wildman–Crippen LogP) is 10.9. The molecule has 0 spiro atoms. The quantitative estimate of drug-likeness (QED) is 0.0624. The number of carbonyl (C=O) groups is 6. The van der Waals surface area contributed by atoms with E-state index < -0.39 is 53.1 Å². The summed E-state index contributed by atoms with van der Waals surface area (Å²) in [5.74, 6) is -2.20. The molecule has 4 atom stereocenters. The number of thioether (sulfide) groups is 1. The van der Waals surface area contributed by atoms with Gasteiger partial charge in [-0.25, -0.2) is 42.3 Å². The number of thiol groups is 1. The van der Waals surface area contributed by atoms with Crippen LogP contribution in [-0.2, 0) is 43.8 Å². The second-order valence-electron chi connectivity index (χ2n) is 18.9. The van der Waals surface area contributed by atoms with Crippen molar-refractivity contribution in [2.24, 2.45) is 0 Å². The molecule has 1 N–H and O–H groups in total. The number of carboxylic acids is 1. The topological polar surface area (TPSA) is 216 Å². The van der Waals surface area contributed by atoms with Gasteiger partial charge < -0.3 is 14.9 Å². The summed E-state index contributed by atoms with van der Waals surface area (Å²) in [7, 11) is 0. The Hall–Kier alpha value is -7.25. The minimum atomic E-state index is -1.38. The number of halogens is 6. The number of likely N-dealkylation sites (tertiary alicyclic amines) is 2. The summed E-state index contributed by atoms with van der Waals surface area (Å²) in [6, 6.07) is 17.8. The van der Waals surface area contributed by atoms with Gasteiger partial charge in [0.15, 0.2) is 11.6 Å². The predicted molar refractivity (Wildman–Crippen MR) is 318 cm³/mol. The monoisotopic (exact) mass is 1230 g/mol. The van der Waals surface area contributed by atoms with Gasteiger partial charge in [0.05, 0.1) is 34.2 Å². The van der Waals surface area contributed by atoms with Gasteiger partial charge in [0.2, 0.25) is 16.9 Å². The molecule has 26 heteroatoms. The Balaban J connectivity index is 0.000000228. The lowest BCUT2D eigenvalue weighted by atomic mass is 10.0. The van der Waals surface area contributed by atoms with Crippen molar-refractivity contribution in [2.45, 2.75) is 97.0 Å². The summed E-state index contributed by atoms with van der Waals surface area (Å²) in [4.78, 5) is 94.1. The molecule has 2 aliphatic rings. The van der Waals surface area contributed by atoms with Crippen LogP contribution in [0.5, 0.6) is 0 Å². The van der Waals surface area contributed by atoms with Gasteiger partial charge in [-0.05, 0) is 72.5 Å². The fourth-order valence-corrected chi connectivity index (χ4v) is 10.7. The SMILES string of the molecule is C.CC(=O)c1nn(CC(=O)N2C[C@H](F)C[C@H]2C(=O)O)c2ccc(-c3cnc(C)nc3)cc12.CC(=O)c1nn(CC(=O)N2C[C@H](F)C[C@H]2C(=O)SCc2cccc(Cl)c2F)c2ccc(-c3cnc(C)nc3)cc12.Fc1c(Cl)cccc1CS.S. The zero-order valence-corrected chi connectivity index (χ0v) is 48.4. The molecule has 0 bridgehead atoms. The molecule has 4 aromatic carbocycles. The van der Waals surface area contributed by atoms with E-state index in [-0.39, 0.29) is 110 Å². The molecule has 10 rings (SSSR count). The standard InChI is InChI=1S/C28H24ClF2N5O3S.C21H20FN5O4.C7H6ClFS.CH4.H2S/c1-15(37)27-21-8-17(19-10-32-16(2)33-11-19)6-7-23(21)36(34-27)13-25(38)35-12-20(30)9-24(35)28(39)40-14-18-4-3-5-22(29)26(18)31;1-11(28)20-16-5-13(14-7-23-12(2)24-8-14)3-4-17(16)27(25-20)10-19(29)26-9-15(22)6-18(26)21(30)31;8-6-3-1-2-5(4-10)7(6)9;;/h3-8,10-11,20,24H,9,12-14H2,1-2H3;3-5,7-8,15,18H,6,9-10H2,1-2H3,(H,30,31);1-3,10H,4H2;1H4;1H2/t20-,24+;15-,18+;;;/m11.../s1. The molecule has 0 radical (unpaired) electrons. The molecule has 8 aromatic rings. The molecule has 17 nitrogen and oxygen atoms in total. The van der Waals surface area contributed by atoms with Crippen LogP contribution in [0.15, 0.2) is 97.6 Å². The molecule has 2 amide bonds. The van der Waals surface area contributed by atoms with Crippen LogP contribution in [-0.4, -0.2) is 126 Å². The number of benzene rings is 4. The van der Waals surface area contributed by atoms with Crippen molar-refractivity contribution < 1.29 is 51.4 Å². The maximum Gasteiger partial charge on any atom is 0.326 e. The van der Waals surface area contributed by atoms with E-state index in [1.165, 1.54) is 46.3 Å². The molecule has 2 saturated heterocycles. The van der Waals surface area contributed by atoms with E-state index in [2.05, 4.69) is 42.8 Å². The van der Waals surface area contributed by atoms with Gasteiger partial charge >= 0.3 is 5.97 Å². The van der Waals surface area contributed by atoms with E-state index in [0.717, 1.165) is 38.9 Å². The lowest BCUT2D eigenvalue weighted by molar-refractivity contribution is -0.148. The van der Waals surface area contributed by atoms with Crippen molar-refractivity contribution in [3.63, 3.8) is 0 Å². The Labute approximate surface area is 501 Å². The van der Waals surface area contributed by atoms with Crippen molar-refractivity contribution in [2.75, 3.05) is 13.1 Å². The minimum absolute atomic E-state index is 0. The van der Waals surface area contributed by atoms with Gasteiger partial charge in [-0.3, -0.25) is 33.3 Å². The highest BCUT2D eigenvalue weighted by molar-refractivity contribution is 8.13. The number of aliphatic carboxylic acids is 1. The van der Waals surface area contributed by atoms with Crippen molar-refractivity contribution in [3.05, 3.63) is 153 Å². The van der Waals surface area contributed by atoms with E-state index >= 15 is 0 Å². The molecule has 0 unspecified atom stereocenters. The van der Waals surface area contributed by atoms with E-state index in [4.69, 9.17) is 23.2 Å². The molecule has 0 aliphatic carbocycles. The first-order valence-corrected chi connectivity index (χ1v) is 27.3. The zero-order valence-electron chi connectivity index (χ0n) is 44.2. The highest BCUT2D eigenvalue weighted by atomic mass is 35.5. The number of Topliss-reactive ketones (excluding diaryl/α,β-unsaturated/α-hetero) is 2. The first-order valence-electron chi connectivity index (χ1n) is 25.0. The number of fused-ring (bicyclic) bond motifs is 2. The third kappa shape index (κ3) is 15.1. The molecule has 83 heavy (non-hydrogen) atoms. The summed E-state index contributed by atoms with van der Waals surface area (Å²) in [5, 5.41) is 18.7. The van der Waals surface area contributed by atoms with Crippen LogP contribution in [0.1, 0.15) is 77.9 Å². The number of aryl methyl sites for hydroxylation is 2. The van der Waals surface area contributed by atoms with Gasteiger partial charge in [0.1, 0.15) is 72.2 Å². The number of aromatic nitrogens is 8. The summed E-state index contributed by atoms with van der Waals surface area (Å²) in [5.41, 5.74) is 5.33. The Bertz CT molecular complexity index is 3730. The second-order valence-corrected chi connectivity index (χ2v) is 21.1. The van der Waals surface area contributed by atoms with Crippen LogP contribution in [0.4, 0.5) is 17.6 Å². The molecule has 436 valence electrons. The lowest BCUT2D eigenvalue weighted by Gasteiger charge is -2.23. The maximum atomic E-state index is 14.4. The smallest absolute Gasteiger partial charge is 0.326 e. The van der Waals surface area contributed by atoms with E-state index in [1.807, 2.05) is 6.07 Å². The van der Waals surface area contributed by atoms with Crippen molar-refractivity contribution in [1.29, 1.82) is 0 Å². The number of ketones is 2. The average Bonchev–Trinajstić information content (AvgIpc) is 3.92. The molecule has 2 aliphatic heterocycles. The minimum Gasteiger partial charge on any atom is -0.480 e. The molecule has 2 fully saturated rings. The number of rotatable bonds is 13. The second kappa shape index (κ2) is 28.4. The number of nitrogens with zero attached hydrogens (tertiary/aromatic N) is 10. The highest BCUT2D eigenvalue weighted by Crippen LogP contribution is 2.32. The fourth-order valence-electron chi connectivity index (χ4n) is 9.15. The summed E-state index contributed by atoms with van der Waals surface area (Å²) >= 11 is 16.0. The molecule has 0 saturated carbocycles. The Morgan fingerprint density at radius 2 is 1.05 bits per heavy atom. The van der Waals surface area contributed by atoms with Crippen LogP contribution >= 0.6 is 61.1 Å². The summed E-state index contributed by atoms with van der Waals surface area (Å²) in [6.07, 6.45) is 3.59. The molecule has 4 aromatic heterocycles. The Kier molecular flexibility index (Phi) is 22.2. The number of hydrogen-bond donors (Lipinski definition) is 2. The highest BCUT2D eigenvalue weighted by Gasteiger charge is 2.41. The van der Waals surface area contributed by atoms with Crippen LogP contribution in [0.25, 0.3) is 44.1 Å². The summed E-state index contributed by atoms with van der Waals surface area (Å²) in [6.45, 7) is 5.23. The maximum absolute atomic E-state index is 14.4. The third-order valence-electron chi connectivity index (χ3n) is 13.3. The van der Waals surface area contributed by atoms with Gasteiger partial charge in [0, 0.05) is 84.9 Å². The number of carbonyl (C=O) groups excluding carboxylic acids is 5. The van der Waals surface area contributed by atoms with E-state index in [0.29, 0.717) is 44.8 Å². The van der Waals surface area contributed by atoms with E-state index in [1.54, 1.807) is 87.2 Å².